The maximum absolute atomic E-state index is 12.2. The van der Waals surface area contributed by atoms with Crippen molar-refractivity contribution < 1.29 is 4.79 Å². The van der Waals surface area contributed by atoms with E-state index in [1.54, 1.807) is 12.1 Å². The lowest BCUT2D eigenvalue weighted by Crippen LogP contribution is -2.30. The number of aryl methyl sites for hydroxylation is 1. The number of nitriles is 1. The molecule has 0 spiro atoms. The van der Waals surface area contributed by atoms with Crippen LogP contribution < -0.4 is 5.32 Å². The average molecular weight is 403 g/mol. The monoisotopic (exact) mass is 402 g/mol. The maximum atomic E-state index is 12.2. The van der Waals surface area contributed by atoms with Gasteiger partial charge in [-0.1, -0.05) is 59.1 Å². The Morgan fingerprint density at radius 3 is 2.62 bits per heavy atom. The Hall–Kier alpha value is -1.93. The van der Waals surface area contributed by atoms with Crippen LogP contribution in [0.15, 0.2) is 53.1 Å². The van der Waals surface area contributed by atoms with Crippen LogP contribution in [0.25, 0.3) is 0 Å². The van der Waals surface area contributed by atoms with E-state index >= 15 is 0 Å². The topological polar surface area (TPSA) is 52.9 Å². The predicted molar refractivity (Wildman–Crippen MR) is 107 cm³/mol. The fourth-order valence-electron chi connectivity index (χ4n) is 2.81. The van der Waals surface area contributed by atoms with Gasteiger partial charge in [0.2, 0.25) is 5.91 Å². The molecule has 26 heavy (non-hydrogen) atoms. The molecule has 6 heteroatoms. The molecule has 1 amide bonds. The third-order valence-corrected chi connectivity index (χ3v) is 5.88. The van der Waals surface area contributed by atoms with E-state index in [4.69, 9.17) is 23.2 Å². The fourth-order valence-corrected chi connectivity index (χ4v) is 4.44. The van der Waals surface area contributed by atoms with Gasteiger partial charge in [0.05, 0.1) is 16.7 Å². The highest BCUT2D eigenvalue weighted by Crippen LogP contribution is 2.37. The molecule has 3 rings (SSSR count). The third-order valence-electron chi connectivity index (χ3n) is 4.22. The van der Waals surface area contributed by atoms with Gasteiger partial charge in [0.25, 0.3) is 0 Å². The summed E-state index contributed by atoms with van der Waals surface area (Å²) in [5.74, 6) is 0.231. The zero-order chi connectivity index (χ0) is 18.7. The lowest BCUT2D eigenvalue weighted by Gasteiger charge is -2.25. The summed E-state index contributed by atoms with van der Waals surface area (Å²) in [5.41, 5.74) is 3.61. The molecule has 1 aliphatic rings. The highest BCUT2D eigenvalue weighted by Gasteiger charge is 2.29. The summed E-state index contributed by atoms with van der Waals surface area (Å²) < 4.78 is 0. The Kier molecular flexibility index (Phi) is 5.93. The number of nitrogens with one attached hydrogen (secondary N) is 1. The van der Waals surface area contributed by atoms with Crippen LogP contribution in [0.2, 0.25) is 10.0 Å². The van der Waals surface area contributed by atoms with Crippen molar-refractivity contribution in [1.82, 2.24) is 5.32 Å². The number of carbonyl (C=O) groups is 1. The van der Waals surface area contributed by atoms with Gasteiger partial charge in [-0.15, -0.1) is 11.8 Å². The van der Waals surface area contributed by atoms with Crippen LogP contribution in [0.3, 0.4) is 0 Å². The molecule has 0 bridgehead atoms. The van der Waals surface area contributed by atoms with E-state index in [-0.39, 0.29) is 18.2 Å². The molecule has 0 aliphatic carbocycles. The molecule has 2 aromatic rings. The van der Waals surface area contributed by atoms with Crippen molar-refractivity contribution in [2.75, 3.05) is 0 Å². The minimum atomic E-state index is -0.225. The fraction of sp³-hybridized carbons (Fsp3) is 0.200. The second-order valence-corrected chi connectivity index (χ2v) is 7.92. The van der Waals surface area contributed by atoms with Crippen LogP contribution in [0.5, 0.6) is 0 Å². The molecule has 1 aliphatic heterocycles. The number of thioether (sulfide) groups is 1. The number of hydrogen-bond donors (Lipinski definition) is 1. The Morgan fingerprint density at radius 2 is 1.96 bits per heavy atom. The molecule has 0 saturated heterocycles. The Morgan fingerprint density at radius 1 is 1.23 bits per heavy atom. The van der Waals surface area contributed by atoms with E-state index in [2.05, 4.69) is 11.4 Å². The van der Waals surface area contributed by atoms with E-state index in [0.717, 1.165) is 16.7 Å². The lowest BCUT2D eigenvalue weighted by molar-refractivity contribution is -0.120. The minimum absolute atomic E-state index is 0.0840. The second-order valence-electron chi connectivity index (χ2n) is 6.09. The van der Waals surface area contributed by atoms with Crippen molar-refractivity contribution in [1.29, 1.82) is 5.26 Å². The van der Waals surface area contributed by atoms with Gasteiger partial charge >= 0.3 is 0 Å². The maximum Gasteiger partial charge on any atom is 0.225 e. The van der Waals surface area contributed by atoms with Crippen molar-refractivity contribution in [2.24, 2.45) is 0 Å². The number of hydrogen-bond acceptors (Lipinski definition) is 3. The zero-order valence-corrected chi connectivity index (χ0v) is 16.4. The van der Waals surface area contributed by atoms with Gasteiger partial charge in [-0.25, -0.2) is 0 Å². The van der Waals surface area contributed by atoms with Crippen LogP contribution in [-0.2, 0) is 10.5 Å². The van der Waals surface area contributed by atoms with Crippen molar-refractivity contribution in [3.05, 3.63) is 79.8 Å². The normalized spacial score (nSPS) is 17.0. The molecule has 1 atom stereocenters. The summed E-state index contributed by atoms with van der Waals surface area (Å²) in [4.78, 5) is 12.2. The van der Waals surface area contributed by atoms with Gasteiger partial charge in [0.15, 0.2) is 0 Å². The van der Waals surface area contributed by atoms with E-state index in [1.165, 1.54) is 11.8 Å². The molecule has 0 radical (unpaired) electrons. The SMILES string of the molecule is Cc1ccc([C@@H]2CC(=O)NC(SCc3ccc(Cl)cc3Cl)=C2C#N)cc1. The molecular formula is C20H16Cl2N2OS. The van der Waals surface area contributed by atoms with Crippen molar-refractivity contribution in [3.63, 3.8) is 0 Å². The number of nitrogens with zero attached hydrogens (tertiary/aromatic N) is 1. The number of allylic oxidation sites excluding steroid dienone is 1. The van der Waals surface area contributed by atoms with Crippen LogP contribution in [0.4, 0.5) is 0 Å². The number of carbonyl (C=O) groups excluding carboxylic acids is 1. The first-order valence-electron chi connectivity index (χ1n) is 8.05. The largest absolute Gasteiger partial charge is 0.320 e. The van der Waals surface area contributed by atoms with Crippen LogP contribution in [0, 0.1) is 18.3 Å². The first-order valence-corrected chi connectivity index (χ1v) is 9.79. The minimum Gasteiger partial charge on any atom is -0.320 e. The highest BCUT2D eigenvalue weighted by molar-refractivity contribution is 8.02. The van der Waals surface area contributed by atoms with Crippen molar-refractivity contribution in [2.45, 2.75) is 25.0 Å². The molecule has 0 aromatic heterocycles. The zero-order valence-electron chi connectivity index (χ0n) is 14.1. The van der Waals surface area contributed by atoms with E-state index in [1.807, 2.05) is 37.3 Å². The molecule has 0 fully saturated rings. The molecule has 0 unspecified atom stereocenters. The predicted octanol–water partition coefficient (Wildman–Crippen LogP) is 5.57. The molecular weight excluding hydrogens is 387 g/mol. The van der Waals surface area contributed by atoms with Gasteiger partial charge in [-0.3, -0.25) is 4.79 Å². The van der Waals surface area contributed by atoms with Gasteiger partial charge in [-0.2, -0.15) is 5.26 Å². The summed E-state index contributed by atoms with van der Waals surface area (Å²) >= 11 is 13.6. The van der Waals surface area contributed by atoms with Gasteiger partial charge in [0, 0.05) is 28.1 Å². The summed E-state index contributed by atoms with van der Waals surface area (Å²) in [6, 6.07) is 15.6. The number of benzene rings is 2. The smallest absolute Gasteiger partial charge is 0.225 e. The number of rotatable bonds is 4. The number of amides is 1. The Balaban J connectivity index is 1.88. The third kappa shape index (κ3) is 4.24. The summed E-state index contributed by atoms with van der Waals surface area (Å²) in [5, 5.41) is 14.3. The van der Waals surface area contributed by atoms with Gasteiger partial charge < -0.3 is 5.32 Å². The first-order chi connectivity index (χ1) is 12.5. The van der Waals surface area contributed by atoms with E-state index < -0.39 is 0 Å². The molecule has 1 N–H and O–H groups in total. The molecule has 0 saturated carbocycles. The van der Waals surface area contributed by atoms with E-state index in [0.29, 0.717) is 26.4 Å². The first kappa shape index (κ1) is 18.8. The average Bonchev–Trinajstić information content (AvgIpc) is 2.61. The number of halogens is 2. The Bertz CT molecular complexity index is 916. The van der Waals surface area contributed by atoms with Gasteiger partial charge in [-0.05, 0) is 30.2 Å². The molecule has 132 valence electrons. The summed E-state index contributed by atoms with van der Waals surface area (Å²) in [6.07, 6.45) is 0.276. The molecule has 2 aromatic carbocycles. The van der Waals surface area contributed by atoms with Crippen molar-refractivity contribution in [3.8, 4) is 6.07 Å². The van der Waals surface area contributed by atoms with Crippen LogP contribution in [0.1, 0.15) is 29.0 Å². The quantitative estimate of drug-likeness (QED) is 0.726. The van der Waals surface area contributed by atoms with Crippen molar-refractivity contribution >= 4 is 40.9 Å². The lowest BCUT2D eigenvalue weighted by atomic mass is 9.87. The second kappa shape index (κ2) is 8.18. The summed E-state index contributed by atoms with van der Waals surface area (Å²) in [6.45, 7) is 2.01. The standard InChI is InChI=1S/C20H16Cl2N2OS/c1-12-2-4-13(5-3-12)16-9-19(25)24-20(17(16)10-23)26-11-14-6-7-15(21)8-18(14)22/h2-8,16H,9,11H2,1H3,(H,24,25)/t16-/m0/s1. The van der Waals surface area contributed by atoms with E-state index in [9.17, 15) is 10.1 Å². The molecule has 3 nitrogen and oxygen atoms in total. The highest BCUT2D eigenvalue weighted by atomic mass is 35.5. The summed E-state index contributed by atoms with van der Waals surface area (Å²) in [7, 11) is 0. The van der Waals surface area contributed by atoms with Crippen LogP contribution >= 0.6 is 35.0 Å². The van der Waals surface area contributed by atoms with Gasteiger partial charge in [0.1, 0.15) is 0 Å². The van der Waals surface area contributed by atoms with Crippen LogP contribution in [-0.4, -0.2) is 5.91 Å². The Labute approximate surface area is 167 Å². The molecule has 1 heterocycles.